The van der Waals surface area contributed by atoms with Crippen molar-refractivity contribution in [3.05, 3.63) is 23.8 Å². The minimum absolute atomic E-state index is 0. The molecule has 0 aliphatic heterocycles. The summed E-state index contributed by atoms with van der Waals surface area (Å²) in [5.41, 5.74) is 0.973. The molecule has 0 aliphatic carbocycles. The molecule has 1 N–H and O–H groups in total. The first kappa shape index (κ1) is 27.6. The highest BCUT2D eigenvalue weighted by Gasteiger charge is 2.28. The van der Waals surface area contributed by atoms with Gasteiger partial charge >= 0.3 is 6.18 Å². The van der Waals surface area contributed by atoms with Gasteiger partial charge in [-0.25, -0.2) is 0 Å². The second-order valence-corrected chi connectivity index (χ2v) is 6.48. The van der Waals surface area contributed by atoms with Crippen LogP contribution >= 0.6 is 24.0 Å². The van der Waals surface area contributed by atoms with Crippen molar-refractivity contribution < 1.29 is 22.6 Å². The average Bonchev–Trinajstić information content (AvgIpc) is 2.63. The van der Waals surface area contributed by atoms with Gasteiger partial charge in [-0.1, -0.05) is 0 Å². The summed E-state index contributed by atoms with van der Waals surface area (Å²) in [5.74, 6) is 2.13. The average molecular weight is 532 g/mol. The maximum absolute atomic E-state index is 12.4. The molecular weight excluding hydrogens is 500 g/mol. The van der Waals surface area contributed by atoms with E-state index < -0.39 is 12.7 Å². The van der Waals surface area contributed by atoms with Gasteiger partial charge < -0.3 is 19.7 Å². The zero-order valence-corrected chi connectivity index (χ0v) is 20.0. The Morgan fingerprint density at radius 2 is 1.86 bits per heavy atom. The van der Waals surface area contributed by atoms with Crippen LogP contribution in [0.25, 0.3) is 0 Å². The standard InChI is InChI=1S/C19H31F3N4O2.HI/c1-6-23-18(24-10-7-11-25(2)14-19(20,21)22)26(3)13-15-8-9-16(27-4)12-17(15)28-5;/h8-9,12H,6-7,10-11,13-14H2,1-5H3,(H,23,24);1H. The lowest BCUT2D eigenvalue weighted by atomic mass is 10.2. The third-order valence-electron chi connectivity index (χ3n) is 4.01. The molecule has 0 heterocycles. The van der Waals surface area contributed by atoms with Gasteiger partial charge in [0.25, 0.3) is 0 Å². The quantitative estimate of drug-likeness (QED) is 0.216. The van der Waals surface area contributed by atoms with Crippen molar-refractivity contribution in [1.29, 1.82) is 0 Å². The molecular formula is C19H32F3IN4O2. The zero-order chi connectivity index (χ0) is 21.2. The number of ether oxygens (including phenoxy) is 2. The SMILES string of the molecule is CCNC(=NCCCN(C)CC(F)(F)F)N(C)Cc1ccc(OC)cc1OC.I. The molecule has 0 atom stereocenters. The Kier molecular flexibility index (Phi) is 13.1. The highest BCUT2D eigenvalue weighted by atomic mass is 127. The fourth-order valence-corrected chi connectivity index (χ4v) is 2.69. The topological polar surface area (TPSA) is 49.3 Å². The zero-order valence-electron chi connectivity index (χ0n) is 17.7. The van der Waals surface area contributed by atoms with Crippen molar-refractivity contribution in [2.75, 3.05) is 54.5 Å². The Bertz CT molecular complexity index is 630. The molecule has 10 heteroatoms. The molecule has 1 aromatic carbocycles. The van der Waals surface area contributed by atoms with Gasteiger partial charge in [-0.15, -0.1) is 24.0 Å². The molecule has 0 saturated carbocycles. The van der Waals surface area contributed by atoms with E-state index in [1.807, 2.05) is 37.1 Å². The second-order valence-electron chi connectivity index (χ2n) is 6.48. The highest BCUT2D eigenvalue weighted by molar-refractivity contribution is 14.0. The number of rotatable bonds is 10. The van der Waals surface area contributed by atoms with Crippen molar-refractivity contribution in [2.45, 2.75) is 26.1 Å². The predicted octanol–water partition coefficient (Wildman–Crippen LogP) is 3.60. The Morgan fingerprint density at radius 1 is 1.17 bits per heavy atom. The van der Waals surface area contributed by atoms with Crippen LogP contribution in [0, 0.1) is 0 Å². The van der Waals surface area contributed by atoms with E-state index in [0.717, 1.165) is 11.3 Å². The number of halogens is 4. The molecule has 168 valence electrons. The van der Waals surface area contributed by atoms with Gasteiger partial charge in [-0.3, -0.25) is 9.89 Å². The van der Waals surface area contributed by atoms with Crippen LogP contribution in [0.3, 0.4) is 0 Å². The number of nitrogens with one attached hydrogen (secondary N) is 1. The van der Waals surface area contributed by atoms with Gasteiger partial charge in [-0.05, 0) is 39.1 Å². The van der Waals surface area contributed by atoms with Crippen molar-refractivity contribution in [2.24, 2.45) is 4.99 Å². The molecule has 0 spiro atoms. The summed E-state index contributed by atoms with van der Waals surface area (Å²) in [5, 5.41) is 3.21. The molecule has 29 heavy (non-hydrogen) atoms. The largest absolute Gasteiger partial charge is 0.497 e. The highest BCUT2D eigenvalue weighted by Crippen LogP contribution is 2.25. The molecule has 1 aromatic rings. The number of guanidine groups is 1. The van der Waals surface area contributed by atoms with E-state index in [1.165, 1.54) is 11.9 Å². The summed E-state index contributed by atoms with van der Waals surface area (Å²) < 4.78 is 47.7. The van der Waals surface area contributed by atoms with E-state index >= 15 is 0 Å². The fraction of sp³-hybridized carbons (Fsp3) is 0.632. The van der Waals surface area contributed by atoms with Crippen LogP contribution in [-0.4, -0.2) is 76.4 Å². The number of nitrogens with zero attached hydrogens (tertiary/aromatic N) is 3. The van der Waals surface area contributed by atoms with Crippen LogP contribution in [-0.2, 0) is 6.54 Å². The van der Waals surface area contributed by atoms with Gasteiger partial charge in [-0.2, -0.15) is 13.2 Å². The molecule has 6 nitrogen and oxygen atoms in total. The number of benzene rings is 1. The molecule has 0 amide bonds. The molecule has 0 fully saturated rings. The molecule has 0 radical (unpaired) electrons. The smallest absolute Gasteiger partial charge is 0.401 e. The second kappa shape index (κ2) is 13.7. The normalized spacial score (nSPS) is 11.8. The summed E-state index contributed by atoms with van der Waals surface area (Å²) >= 11 is 0. The molecule has 0 unspecified atom stereocenters. The first-order valence-electron chi connectivity index (χ1n) is 9.15. The molecule has 1 rings (SSSR count). The Balaban J connectivity index is 0.00000784. The van der Waals surface area contributed by atoms with Gasteiger partial charge in [0.2, 0.25) is 0 Å². The number of methoxy groups -OCH3 is 2. The lowest BCUT2D eigenvalue weighted by Crippen LogP contribution is -2.38. The van der Waals surface area contributed by atoms with Crippen molar-refractivity contribution in [1.82, 2.24) is 15.1 Å². The monoisotopic (exact) mass is 532 g/mol. The Hall–Kier alpha value is -1.43. The fourth-order valence-electron chi connectivity index (χ4n) is 2.69. The third-order valence-corrected chi connectivity index (χ3v) is 4.01. The van der Waals surface area contributed by atoms with Crippen LogP contribution in [0.2, 0.25) is 0 Å². The maximum Gasteiger partial charge on any atom is 0.401 e. The van der Waals surface area contributed by atoms with Gasteiger partial charge in [0, 0.05) is 38.3 Å². The molecule has 0 aliphatic rings. The first-order chi connectivity index (χ1) is 13.2. The molecule has 0 bridgehead atoms. The summed E-state index contributed by atoms with van der Waals surface area (Å²) in [6.07, 6.45) is -3.63. The summed E-state index contributed by atoms with van der Waals surface area (Å²) in [6.45, 7) is 3.08. The van der Waals surface area contributed by atoms with Crippen LogP contribution in [0.1, 0.15) is 18.9 Å². The van der Waals surface area contributed by atoms with Gasteiger partial charge in [0.05, 0.1) is 20.8 Å². The van der Waals surface area contributed by atoms with E-state index in [1.54, 1.807) is 14.2 Å². The van der Waals surface area contributed by atoms with E-state index in [4.69, 9.17) is 9.47 Å². The Morgan fingerprint density at radius 3 is 2.41 bits per heavy atom. The minimum atomic E-state index is -4.18. The molecule has 0 saturated heterocycles. The van der Waals surface area contributed by atoms with Crippen molar-refractivity contribution >= 4 is 29.9 Å². The van der Waals surface area contributed by atoms with E-state index in [9.17, 15) is 13.2 Å². The first-order valence-corrected chi connectivity index (χ1v) is 9.15. The van der Waals surface area contributed by atoms with E-state index in [-0.39, 0.29) is 24.0 Å². The number of aliphatic imine (C=N–C) groups is 1. The number of alkyl halides is 3. The van der Waals surface area contributed by atoms with Gasteiger partial charge in [0.15, 0.2) is 5.96 Å². The van der Waals surface area contributed by atoms with Crippen molar-refractivity contribution in [3.63, 3.8) is 0 Å². The van der Waals surface area contributed by atoms with Crippen LogP contribution in [0.5, 0.6) is 11.5 Å². The third kappa shape index (κ3) is 10.8. The van der Waals surface area contributed by atoms with Crippen LogP contribution < -0.4 is 14.8 Å². The number of hydrogen-bond acceptors (Lipinski definition) is 4. The minimum Gasteiger partial charge on any atom is -0.497 e. The maximum atomic E-state index is 12.4. The van der Waals surface area contributed by atoms with Gasteiger partial charge in [0.1, 0.15) is 11.5 Å². The Labute approximate surface area is 188 Å². The lowest BCUT2D eigenvalue weighted by Gasteiger charge is -2.23. The summed E-state index contributed by atoms with van der Waals surface area (Å²) in [7, 11) is 6.57. The van der Waals surface area contributed by atoms with E-state index in [0.29, 0.717) is 44.3 Å². The lowest BCUT2D eigenvalue weighted by molar-refractivity contribution is -0.143. The van der Waals surface area contributed by atoms with Crippen LogP contribution in [0.4, 0.5) is 13.2 Å². The van der Waals surface area contributed by atoms with E-state index in [2.05, 4.69) is 10.3 Å². The molecule has 0 aromatic heterocycles. The summed E-state index contributed by atoms with van der Waals surface area (Å²) in [4.78, 5) is 7.74. The summed E-state index contributed by atoms with van der Waals surface area (Å²) in [6, 6.07) is 5.62. The van der Waals surface area contributed by atoms with Crippen molar-refractivity contribution in [3.8, 4) is 11.5 Å². The van der Waals surface area contributed by atoms with Crippen LogP contribution in [0.15, 0.2) is 23.2 Å². The number of hydrogen-bond donors (Lipinski definition) is 1. The predicted molar refractivity (Wildman–Crippen MR) is 121 cm³/mol.